The van der Waals surface area contributed by atoms with Crippen molar-refractivity contribution in [3.63, 3.8) is 0 Å². The maximum Gasteiger partial charge on any atom is 0.258 e. The Kier molecular flexibility index (Phi) is 5.75. The van der Waals surface area contributed by atoms with Crippen molar-refractivity contribution in [2.45, 2.75) is 64.5 Å². The Bertz CT molecular complexity index is 1090. The van der Waals surface area contributed by atoms with Gasteiger partial charge in [0.15, 0.2) is 0 Å². The van der Waals surface area contributed by atoms with Crippen molar-refractivity contribution < 1.29 is 9.59 Å². The molecular weight excluding hydrogens is 418 g/mol. The third-order valence-electron chi connectivity index (χ3n) is 6.22. The average Bonchev–Trinajstić information content (AvgIpc) is 2.70. The Morgan fingerprint density at radius 3 is 2.65 bits per heavy atom. The van der Waals surface area contributed by atoms with Gasteiger partial charge in [0.25, 0.3) is 5.56 Å². The van der Waals surface area contributed by atoms with E-state index in [1.807, 2.05) is 0 Å². The maximum absolute atomic E-state index is 13.1. The lowest BCUT2D eigenvalue weighted by atomic mass is 9.92. The Hall–Kier alpha value is -2.87. The van der Waals surface area contributed by atoms with Crippen molar-refractivity contribution in [3.05, 3.63) is 44.7 Å². The molecule has 0 saturated carbocycles. The molecule has 2 amide bonds. The van der Waals surface area contributed by atoms with Crippen LogP contribution in [0.1, 0.15) is 56.6 Å². The minimum Gasteiger partial charge on any atom is -0.337 e. The van der Waals surface area contributed by atoms with Crippen LogP contribution in [0.3, 0.4) is 0 Å². The van der Waals surface area contributed by atoms with Gasteiger partial charge < -0.3 is 15.5 Å². The average molecular weight is 444 g/mol. The molecule has 1 aromatic heterocycles. The third-order valence-corrected chi connectivity index (χ3v) is 6.63. The molecule has 164 valence electrons. The van der Waals surface area contributed by atoms with Gasteiger partial charge in [-0.05, 0) is 57.7 Å². The molecule has 9 heteroatoms. The van der Waals surface area contributed by atoms with Gasteiger partial charge in [0.2, 0.25) is 17.8 Å². The number of anilines is 3. The molecule has 3 heterocycles. The van der Waals surface area contributed by atoms with Crippen molar-refractivity contribution in [3.8, 4) is 0 Å². The SMILES string of the molecule is Cc1c(Cl)cccc1NC(=O)C1CC(=O)Nc2nc(N3C(C)CCCC3C)[nH]c(=O)c21. The minimum atomic E-state index is -0.941. The van der Waals surface area contributed by atoms with Gasteiger partial charge in [-0.15, -0.1) is 0 Å². The van der Waals surface area contributed by atoms with Crippen molar-refractivity contribution in [2.24, 2.45) is 0 Å². The highest BCUT2D eigenvalue weighted by Crippen LogP contribution is 2.33. The number of carbonyl (C=O) groups is 2. The summed E-state index contributed by atoms with van der Waals surface area (Å²) < 4.78 is 0. The molecule has 3 atom stereocenters. The van der Waals surface area contributed by atoms with Crippen LogP contribution in [0.2, 0.25) is 5.02 Å². The fourth-order valence-electron chi connectivity index (χ4n) is 4.51. The number of carbonyl (C=O) groups excluding carboxylic acids is 2. The molecule has 4 rings (SSSR count). The highest BCUT2D eigenvalue weighted by atomic mass is 35.5. The lowest BCUT2D eigenvalue weighted by molar-refractivity contribution is -0.123. The summed E-state index contributed by atoms with van der Waals surface area (Å²) in [5, 5.41) is 6.01. The number of nitrogens with one attached hydrogen (secondary N) is 3. The van der Waals surface area contributed by atoms with Crippen LogP contribution in [0, 0.1) is 6.92 Å². The number of H-pyrrole nitrogens is 1. The number of rotatable bonds is 3. The monoisotopic (exact) mass is 443 g/mol. The number of benzene rings is 1. The molecule has 8 nitrogen and oxygen atoms in total. The largest absolute Gasteiger partial charge is 0.337 e. The predicted octanol–water partition coefficient (Wildman–Crippen LogP) is 3.56. The second kappa shape index (κ2) is 8.34. The van der Waals surface area contributed by atoms with Gasteiger partial charge in [0, 0.05) is 29.2 Å². The molecule has 0 aliphatic carbocycles. The number of nitrogens with zero attached hydrogens (tertiary/aromatic N) is 2. The number of hydrogen-bond acceptors (Lipinski definition) is 5. The number of amides is 2. The van der Waals surface area contributed by atoms with Crippen LogP contribution in [0.4, 0.5) is 17.5 Å². The number of halogens is 1. The number of piperidine rings is 1. The van der Waals surface area contributed by atoms with E-state index in [9.17, 15) is 14.4 Å². The summed E-state index contributed by atoms with van der Waals surface area (Å²) in [4.78, 5) is 48.0. The predicted molar refractivity (Wildman–Crippen MR) is 121 cm³/mol. The van der Waals surface area contributed by atoms with E-state index in [4.69, 9.17) is 11.6 Å². The molecule has 1 fully saturated rings. The lowest BCUT2D eigenvalue weighted by Gasteiger charge is -2.39. The van der Waals surface area contributed by atoms with Gasteiger partial charge in [0.05, 0.1) is 11.5 Å². The summed E-state index contributed by atoms with van der Waals surface area (Å²) in [7, 11) is 0. The van der Waals surface area contributed by atoms with Crippen LogP contribution in [-0.2, 0) is 9.59 Å². The van der Waals surface area contributed by atoms with Crippen LogP contribution in [0.15, 0.2) is 23.0 Å². The van der Waals surface area contributed by atoms with E-state index in [2.05, 4.69) is 39.3 Å². The van der Waals surface area contributed by atoms with Crippen LogP contribution < -0.4 is 21.1 Å². The van der Waals surface area contributed by atoms with E-state index in [1.54, 1.807) is 25.1 Å². The van der Waals surface area contributed by atoms with E-state index in [-0.39, 0.29) is 35.8 Å². The highest BCUT2D eigenvalue weighted by Gasteiger charge is 2.36. The third kappa shape index (κ3) is 4.04. The van der Waals surface area contributed by atoms with E-state index < -0.39 is 17.4 Å². The van der Waals surface area contributed by atoms with Gasteiger partial charge >= 0.3 is 0 Å². The number of aromatic nitrogens is 2. The summed E-state index contributed by atoms with van der Waals surface area (Å²) >= 11 is 6.14. The smallest absolute Gasteiger partial charge is 0.258 e. The summed E-state index contributed by atoms with van der Waals surface area (Å²) in [6.07, 6.45) is 3.00. The van der Waals surface area contributed by atoms with E-state index in [0.29, 0.717) is 22.2 Å². The van der Waals surface area contributed by atoms with Crippen LogP contribution in [0.5, 0.6) is 0 Å². The minimum absolute atomic E-state index is 0.126. The zero-order valence-electron chi connectivity index (χ0n) is 17.8. The Labute approximate surface area is 185 Å². The van der Waals surface area contributed by atoms with Crippen LogP contribution in [-0.4, -0.2) is 33.9 Å². The molecular formula is C22H26ClN5O3. The number of aromatic amines is 1. The van der Waals surface area contributed by atoms with E-state index in [1.165, 1.54) is 0 Å². The summed E-state index contributed by atoms with van der Waals surface area (Å²) in [6.45, 7) is 5.98. The molecule has 3 unspecified atom stereocenters. The van der Waals surface area contributed by atoms with Gasteiger partial charge in [-0.3, -0.25) is 19.4 Å². The van der Waals surface area contributed by atoms with E-state index in [0.717, 1.165) is 19.3 Å². The topological polar surface area (TPSA) is 107 Å². The Morgan fingerprint density at radius 2 is 1.94 bits per heavy atom. The molecule has 3 N–H and O–H groups in total. The summed E-state index contributed by atoms with van der Waals surface area (Å²) in [5.41, 5.74) is 1.03. The molecule has 0 radical (unpaired) electrons. The molecule has 1 aromatic carbocycles. The number of hydrogen-bond donors (Lipinski definition) is 3. The maximum atomic E-state index is 13.1. The van der Waals surface area contributed by atoms with Gasteiger partial charge in [-0.2, -0.15) is 4.98 Å². The van der Waals surface area contributed by atoms with Crippen molar-refractivity contribution in [1.29, 1.82) is 0 Å². The standard InChI is InChI=1S/C22H26ClN5O3/c1-11-6-4-7-12(2)28(11)22-26-19-18(21(31)27-22)14(10-17(29)25-19)20(30)24-16-9-5-8-15(23)13(16)3/h5,8-9,11-12,14H,4,6-7,10H2,1-3H3,(H,24,30)(H2,25,26,27,29,31). The zero-order valence-corrected chi connectivity index (χ0v) is 18.5. The van der Waals surface area contributed by atoms with Crippen LogP contribution in [0.25, 0.3) is 0 Å². The van der Waals surface area contributed by atoms with Crippen molar-refractivity contribution in [1.82, 2.24) is 9.97 Å². The first kappa shape index (κ1) is 21.4. The van der Waals surface area contributed by atoms with Crippen LogP contribution >= 0.6 is 11.6 Å². The molecule has 0 spiro atoms. The van der Waals surface area contributed by atoms with Crippen molar-refractivity contribution >= 4 is 40.9 Å². The molecule has 2 aliphatic rings. The van der Waals surface area contributed by atoms with Gasteiger partial charge in [-0.25, -0.2) is 0 Å². The van der Waals surface area contributed by atoms with Crippen molar-refractivity contribution in [2.75, 3.05) is 15.5 Å². The fraction of sp³-hybridized carbons (Fsp3) is 0.455. The molecule has 0 bridgehead atoms. The molecule has 1 saturated heterocycles. The highest BCUT2D eigenvalue weighted by molar-refractivity contribution is 6.31. The first-order valence-corrected chi connectivity index (χ1v) is 10.9. The van der Waals surface area contributed by atoms with Gasteiger partial charge in [-0.1, -0.05) is 17.7 Å². The first-order valence-electron chi connectivity index (χ1n) is 10.5. The quantitative estimate of drug-likeness (QED) is 0.672. The fourth-order valence-corrected chi connectivity index (χ4v) is 4.68. The van der Waals surface area contributed by atoms with Gasteiger partial charge in [0.1, 0.15) is 5.82 Å². The summed E-state index contributed by atoms with van der Waals surface area (Å²) in [6, 6.07) is 5.62. The Balaban J connectivity index is 1.69. The molecule has 31 heavy (non-hydrogen) atoms. The second-order valence-electron chi connectivity index (χ2n) is 8.39. The zero-order chi connectivity index (χ0) is 22.3. The normalized spacial score (nSPS) is 23.2. The number of fused-ring (bicyclic) bond motifs is 1. The summed E-state index contributed by atoms with van der Waals surface area (Å²) in [5.74, 6) is -1.15. The van der Waals surface area contributed by atoms with E-state index >= 15 is 0 Å². The Morgan fingerprint density at radius 1 is 1.23 bits per heavy atom. The first-order chi connectivity index (χ1) is 14.8. The molecule has 2 aromatic rings. The second-order valence-corrected chi connectivity index (χ2v) is 8.80. The molecule has 2 aliphatic heterocycles. The lowest BCUT2D eigenvalue weighted by Crippen LogP contribution is -2.46.